The molecule has 0 atom stereocenters. The molecular weight excluding hydrogens is 448 g/mol. The fourth-order valence-corrected chi connectivity index (χ4v) is 4.70. The molecule has 0 saturated heterocycles. The summed E-state index contributed by atoms with van der Waals surface area (Å²) < 4.78 is 7.42. The molecule has 4 aromatic rings. The van der Waals surface area contributed by atoms with E-state index in [0.29, 0.717) is 26.0 Å². The molecular formula is C30H36N4O2. The van der Waals surface area contributed by atoms with Gasteiger partial charge in [-0.05, 0) is 106 Å². The van der Waals surface area contributed by atoms with Gasteiger partial charge in [-0.3, -0.25) is 4.79 Å². The van der Waals surface area contributed by atoms with E-state index in [4.69, 9.17) is 14.8 Å². The van der Waals surface area contributed by atoms with E-state index < -0.39 is 0 Å². The summed E-state index contributed by atoms with van der Waals surface area (Å²) in [5.41, 5.74) is 9.74. The lowest BCUT2D eigenvalue weighted by Gasteiger charge is -2.12. The third kappa shape index (κ3) is 5.43. The summed E-state index contributed by atoms with van der Waals surface area (Å²) >= 11 is 0. The van der Waals surface area contributed by atoms with Crippen LogP contribution in [0.3, 0.4) is 0 Å². The third-order valence-corrected chi connectivity index (χ3v) is 6.88. The second-order valence-corrected chi connectivity index (χ2v) is 9.44. The monoisotopic (exact) mass is 484 g/mol. The molecule has 2 aromatic carbocycles. The number of pyridine rings is 1. The maximum Gasteiger partial charge on any atom is 0.220 e. The minimum atomic E-state index is 0.0578. The van der Waals surface area contributed by atoms with Crippen LogP contribution >= 0.6 is 0 Å². The van der Waals surface area contributed by atoms with E-state index in [1.54, 1.807) is 0 Å². The zero-order chi connectivity index (χ0) is 25.8. The van der Waals surface area contributed by atoms with Crippen molar-refractivity contribution < 1.29 is 9.53 Å². The summed E-state index contributed by atoms with van der Waals surface area (Å²) in [6.45, 7) is 13.6. The van der Waals surface area contributed by atoms with Gasteiger partial charge >= 0.3 is 0 Å². The molecule has 0 fully saturated rings. The van der Waals surface area contributed by atoms with Crippen molar-refractivity contribution in [2.75, 3.05) is 13.2 Å². The molecule has 1 N–H and O–H groups in total. The smallest absolute Gasteiger partial charge is 0.220 e. The molecule has 0 aliphatic heterocycles. The molecule has 2 aromatic heterocycles. The van der Waals surface area contributed by atoms with Crippen LogP contribution < -0.4 is 10.1 Å². The number of aromatic nitrogens is 3. The summed E-state index contributed by atoms with van der Waals surface area (Å²) in [6, 6.07) is 14.4. The van der Waals surface area contributed by atoms with Crippen LogP contribution in [0.5, 0.6) is 5.75 Å². The lowest BCUT2D eigenvalue weighted by molar-refractivity contribution is -0.121. The summed E-state index contributed by atoms with van der Waals surface area (Å²) in [4.78, 5) is 17.5. The normalized spacial score (nSPS) is 11.2. The van der Waals surface area contributed by atoms with E-state index in [1.807, 2.05) is 49.7 Å². The number of amides is 1. The molecule has 0 spiro atoms. The predicted octanol–water partition coefficient (Wildman–Crippen LogP) is 5.65. The first-order valence-corrected chi connectivity index (χ1v) is 12.7. The second kappa shape index (κ2) is 10.9. The first-order valence-electron chi connectivity index (χ1n) is 12.7. The van der Waals surface area contributed by atoms with Crippen molar-refractivity contribution in [3.63, 3.8) is 0 Å². The maximum absolute atomic E-state index is 12.6. The summed E-state index contributed by atoms with van der Waals surface area (Å²) in [6.07, 6.45) is 1.88. The number of carbonyl (C=O) groups is 1. The van der Waals surface area contributed by atoms with Gasteiger partial charge in [0.05, 0.1) is 18.0 Å². The van der Waals surface area contributed by atoms with E-state index in [2.05, 4.69) is 44.3 Å². The van der Waals surface area contributed by atoms with Gasteiger partial charge in [-0.1, -0.05) is 18.2 Å². The molecule has 36 heavy (non-hydrogen) atoms. The molecule has 6 nitrogen and oxygen atoms in total. The van der Waals surface area contributed by atoms with Crippen LogP contribution in [-0.4, -0.2) is 33.8 Å². The van der Waals surface area contributed by atoms with Crippen LogP contribution in [0.25, 0.3) is 16.7 Å². The molecule has 6 heteroatoms. The lowest BCUT2D eigenvalue weighted by Crippen LogP contribution is -2.26. The van der Waals surface area contributed by atoms with Gasteiger partial charge < -0.3 is 10.1 Å². The maximum atomic E-state index is 12.6. The van der Waals surface area contributed by atoms with Gasteiger partial charge in [-0.2, -0.15) is 5.10 Å². The van der Waals surface area contributed by atoms with Crippen molar-refractivity contribution in [1.29, 1.82) is 0 Å². The van der Waals surface area contributed by atoms with Crippen LogP contribution in [0.1, 0.15) is 52.5 Å². The Kier molecular flexibility index (Phi) is 7.73. The van der Waals surface area contributed by atoms with E-state index in [9.17, 15) is 4.79 Å². The Balaban J connectivity index is 1.43. The van der Waals surface area contributed by atoms with E-state index >= 15 is 0 Å². The van der Waals surface area contributed by atoms with Crippen molar-refractivity contribution in [1.82, 2.24) is 20.1 Å². The van der Waals surface area contributed by atoms with Gasteiger partial charge in [0, 0.05) is 24.0 Å². The molecule has 0 unspecified atom stereocenters. The Morgan fingerprint density at radius 1 is 0.944 bits per heavy atom. The van der Waals surface area contributed by atoms with Crippen molar-refractivity contribution in [3.05, 3.63) is 81.7 Å². The number of hydrogen-bond donors (Lipinski definition) is 1. The number of benzene rings is 2. The molecule has 0 aliphatic carbocycles. The lowest BCUT2D eigenvalue weighted by atomic mass is 9.99. The summed E-state index contributed by atoms with van der Waals surface area (Å²) in [5.74, 6) is 0.929. The number of fused-ring (bicyclic) bond motifs is 1. The molecule has 4 rings (SSSR count). The number of ether oxygens (including phenoxy) is 1. The number of hydrogen-bond acceptors (Lipinski definition) is 4. The SMILES string of the molecule is CCOc1ccc(CCNC(=O)CCc2c(C)nc3c(c(C)nn3-c3ccc(C)c(C)c3)c2C)cc1. The van der Waals surface area contributed by atoms with Gasteiger partial charge in [0.15, 0.2) is 5.65 Å². The van der Waals surface area contributed by atoms with Gasteiger partial charge in [-0.15, -0.1) is 0 Å². The number of nitrogens with zero attached hydrogens (tertiary/aromatic N) is 3. The van der Waals surface area contributed by atoms with Gasteiger partial charge in [-0.25, -0.2) is 9.67 Å². The predicted molar refractivity (Wildman–Crippen MR) is 145 cm³/mol. The average Bonchev–Trinajstić information content (AvgIpc) is 3.18. The zero-order valence-electron chi connectivity index (χ0n) is 22.2. The highest BCUT2D eigenvalue weighted by Gasteiger charge is 2.18. The van der Waals surface area contributed by atoms with Crippen molar-refractivity contribution in [3.8, 4) is 11.4 Å². The Morgan fingerprint density at radius 2 is 1.69 bits per heavy atom. The molecule has 2 heterocycles. The Bertz CT molecular complexity index is 1390. The number of nitrogens with one attached hydrogen (secondary N) is 1. The Hall–Kier alpha value is -3.67. The number of carbonyl (C=O) groups excluding carboxylic acids is 1. The highest BCUT2D eigenvalue weighted by molar-refractivity contribution is 5.85. The van der Waals surface area contributed by atoms with Gasteiger partial charge in [0.1, 0.15) is 5.75 Å². The van der Waals surface area contributed by atoms with E-state index in [-0.39, 0.29) is 5.91 Å². The van der Waals surface area contributed by atoms with Crippen molar-refractivity contribution >= 4 is 16.9 Å². The Morgan fingerprint density at radius 3 is 2.39 bits per heavy atom. The first kappa shape index (κ1) is 25.4. The van der Waals surface area contributed by atoms with Crippen LogP contribution in [-0.2, 0) is 17.6 Å². The Labute approximate surface area is 213 Å². The molecule has 188 valence electrons. The minimum absolute atomic E-state index is 0.0578. The zero-order valence-corrected chi connectivity index (χ0v) is 22.2. The fourth-order valence-electron chi connectivity index (χ4n) is 4.70. The van der Waals surface area contributed by atoms with Crippen LogP contribution in [0.15, 0.2) is 42.5 Å². The molecule has 0 aliphatic rings. The molecule has 0 saturated carbocycles. The first-order chi connectivity index (χ1) is 17.3. The van der Waals surface area contributed by atoms with Gasteiger partial charge in [0.25, 0.3) is 0 Å². The number of aryl methyl sites for hydroxylation is 5. The largest absolute Gasteiger partial charge is 0.494 e. The third-order valence-electron chi connectivity index (χ3n) is 6.88. The molecule has 0 bridgehead atoms. The highest BCUT2D eigenvalue weighted by Crippen LogP contribution is 2.28. The average molecular weight is 485 g/mol. The highest BCUT2D eigenvalue weighted by atomic mass is 16.5. The van der Waals surface area contributed by atoms with E-state index in [1.165, 1.54) is 16.7 Å². The van der Waals surface area contributed by atoms with E-state index in [0.717, 1.165) is 51.4 Å². The quantitative estimate of drug-likeness (QED) is 0.333. The summed E-state index contributed by atoms with van der Waals surface area (Å²) in [5, 5.41) is 8.95. The van der Waals surface area contributed by atoms with Gasteiger partial charge in [0.2, 0.25) is 5.91 Å². The summed E-state index contributed by atoms with van der Waals surface area (Å²) in [7, 11) is 0. The topological polar surface area (TPSA) is 69.0 Å². The second-order valence-electron chi connectivity index (χ2n) is 9.44. The fraction of sp³-hybridized carbons (Fsp3) is 0.367. The van der Waals surface area contributed by atoms with Crippen LogP contribution in [0.2, 0.25) is 0 Å². The standard InChI is InChI=1S/C30H36N4O2/c1-7-36-26-12-9-24(10-13-26)16-17-31-28(35)15-14-27-21(4)29-23(6)33-34(30(29)32-22(27)5)25-11-8-19(2)20(3)18-25/h8-13,18H,7,14-17H2,1-6H3,(H,31,35). The van der Waals surface area contributed by atoms with Crippen molar-refractivity contribution in [2.24, 2.45) is 0 Å². The number of rotatable bonds is 9. The molecule has 1 amide bonds. The van der Waals surface area contributed by atoms with Crippen LogP contribution in [0.4, 0.5) is 0 Å². The minimum Gasteiger partial charge on any atom is -0.494 e. The van der Waals surface area contributed by atoms with Crippen molar-refractivity contribution in [2.45, 2.75) is 60.8 Å². The van der Waals surface area contributed by atoms with Crippen LogP contribution in [0, 0.1) is 34.6 Å². The molecule has 0 radical (unpaired) electrons.